The zero-order chi connectivity index (χ0) is 12.3. The average molecular weight is 223 g/mol. The summed E-state index contributed by atoms with van der Waals surface area (Å²) in [6, 6.07) is 2.72. The van der Waals surface area contributed by atoms with Crippen LogP contribution in [0.3, 0.4) is 0 Å². The number of rotatable bonds is 4. The molecule has 0 atom stereocenters. The number of hydrogen-bond donors (Lipinski definition) is 2. The molecule has 0 aliphatic carbocycles. The van der Waals surface area contributed by atoms with Gasteiger partial charge in [-0.3, -0.25) is 9.59 Å². The molecule has 0 heterocycles. The molecule has 86 valence electrons. The minimum atomic E-state index is -0.245. The van der Waals surface area contributed by atoms with E-state index < -0.39 is 0 Å². The van der Waals surface area contributed by atoms with Crippen LogP contribution in [0.4, 0.5) is 5.69 Å². The largest absolute Gasteiger partial charge is 0.506 e. The van der Waals surface area contributed by atoms with Crippen molar-refractivity contribution in [1.29, 1.82) is 0 Å². The summed E-state index contributed by atoms with van der Waals surface area (Å²) >= 11 is 0. The molecule has 0 spiro atoms. The number of benzene rings is 1. The van der Waals surface area contributed by atoms with Gasteiger partial charge in [0, 0.05) is 0 Å². The van der Waals surface area contributed by atoms with E-state index in [4.69, 9.17) is 10.5 Å². The van der Waals surface area contributed by atoms with E-state index in [1.807, 2.05) is 0 Å². The normalized spacial score (nSPS) is 9.88. The van der Waals surface area contributed by atoms with Crippen LogP contribution in [0.2, 0.25) is 0 Å². The van der Waals surface area contributed by atoms with Crippen LogP contribution in [-0.2, 0) is 4.79 Å². The molecule has 0 saturated carbocycles. The van der Waals surface area contributed by atoms with Crippen molar-refractivity contribution < 1.29 is 19.4 Å². The molecule has 5 nitrogen and oxygen atoms in total. The van der Waals surface area contributed by atoms with Gasteiger partial charge >= 0.3 is 0 Å². The van der Waals surface area contributed by atoms with Crippen molar-refractivity contribution in [2.24, 2.45) is 0 Å². The minimum Gasteiger partial charge on any atom is -0.506 e. The van der Waals surface area contributed by atoms with Crippen molar-refractivity contribution in [3.05, 3.63) is 17.7 Å². The third-order valence-corrected chi connectivity index (χ3v) is 1.97. The Morgan fingerprint density at radius 3 is 2.50 bits per heavy atom. The van der Waals surface area contributed by atoms with E-state index in [1.54, 1.807) is 0 Å². The summed E-state index contributed by atoms with van der Waals surface area (Å²) in [7, 11) is 0. The Morgan fingerprint density at radius 1 is 1.38 bits per heavy atom. The summed E-state index contributed by atoms with van der Waals surface area (Å²) in [5.74, 6) is -0.561. The van der Waals surface area contributed by atoms with Crippen LogP contribution < -0.4 is 10.5 Å². The predicted octanol–water partition coefficient (Wildman–Crippen LogP) is 1.14. The molecule has 3 N–H and O–H groups in total. The fraction of sp³-hybridized carbons (Fsp3) is 0.273. The van der Waals surface area contributed by atoms with Crippen molar-refractivity contribution in [3.63, 3.8) is 0 Å². The van der Waals surface area contributed by atoms with Gasteiger partial charge in [-0.15, -0.1) is 0 Å². The third kappa shape index (κ3) is 2.50. The van der Waals surface area contributed by atoms with Gasteiger partial charge in [-0.25, -0.2) is 0 Å². The number of anilines is 1. The Morgan fingerprint density at radius 2 is 2.00 bits per heavy atom. The Hall–Kier alpha value is -2.04. The van der Waals surface area contributed by atoms with Crippen molar-refractivity contribution in [3.8, 4) is 11.5 Å². The zero-order valence-electron chi connectivity index (χ0n) is 9.11. The van der Waals surface area contributed by atoms with Crippen LogP contribution in [0.15, 0.2) is 12.1 Å². The second-order valence-corrected chi connectivity index (χ2v) is 3.42. The number of nitrogens with two attached hydrogens (primary N) is 1. The van der Waals surface area contributed by atoms with E-state index >= 15 is 0 Å². The minimum absolute atomic E-state index is 0.0334. The predicted molar refractivity (Wildman–Crippen MR) is 58.7 cm³/mol. The van der Waals surface area contributed by atoms with Crippen LogP contribution >= 0.6 is 0 Å². The van der Waals surface area contributed by atoms with Crippen molar-refractivity contribution in [2.45, 2.75) is 13.8 Å². The second kappa shape index (κ2) is 4.65. The summed E-state index contributed by atoms with van der Waals surface area (Å²) < 4.78 is 5.12. The summed E-state index contributed by atoms with van der Waals surface area (Å²) in [5, 5.41) is 9.37. The number of aromatic hydroxyl groups is 1. The first-order valence-corrected chi connectivity index (χ1v) is 4.68. The van der Waals surface area contributed by atoms with Crippen LogP contribution in [0, 0.1) is 0 Å². The average Bonchev–Trinajstić information content (AvgIpc) is 2.19. The maximum atomic E-state index is 11.3. The molecule has 1 aromatic rings. The van der Waals surface area contributed by atoms with Crippen molar-refractivity contribution >= 4 is 17.3 Å². The van der Waals surface area contributed by atoms with Crippen LogP contribution in [0.1, 0.15) is 24.2 Å². The Balaban J connectivity index is 3.15. The van der Waals surface area contributed by atoms with E-state index in [0.29, 0.717) is 0 Å². The first-order chi connectivity index (χ1) is 7.43. The van der Waals surface area contributed by atoms with Gasteiger partial charge in [0.2, 0.25) is 0 Å². The van der Waals surface area contributed by atoms with Gasteiger partial charge in [-0.2, -0.15) is 0 Å². The number of carbonyl (C=O) groups excluding carboxylic acids is 2. The lowest BCUT2D eigenvalue weighted by molar-refractivity contribution is -0.118. The SMILES string of the molecule is CC(=O)COc1c(C(C)=O)ccc(O)c1N. The number of ether oxygens (including phenoxy) is 1. The Kier molecular flexibility index (Phi) is 3.50. The van der Waals surface area contributed by atoms with E-state index in [9.17, 15) is 14.7 Å². The molecular weight excluding hydrogens is 210 g/mol. The topological polar surface area (TPSA) is 89.6 Å². The van der Waals surface area contributed by atoms with E-state index in [2.05, 4.69) is 0 Å². The highest BCUT2D eigenvalue weighted by atomic mass is 16.5. The summed E-state index contributed by atoms with van der Waals surface area (Å²) in [4.78, 5) is 22.1. The first kappa shape index (κ1) is 12.0. The highest BCUT2D eigenvalue weighted by Crippen LogP contribution is 2.34. The number of phenolic OH excluding ortho intramolecular Hbond substituents is 1. The van der Waals surface area contributed by atoms with Gasteiger partial charge in [-0.05, 0) is 26.0 Å². The summed E-state index contributed by atoms with van der Waals surface area (Å²) in [6.07, 6.45) is 0. The van der Waals surface area contributed by atoms with Crippen LogP contribution in [0.25, 0.3) is 0 Å². The van der Waals surface area contributed by atoms with Gasteiger partial charge in [0.25, 0.3) is 0 Å². The van der Waals surface area contributed by atoms with Crippen molar-refractivity contribution in [1.82, 2.24) is 0 Å². The molecule has 0 amide bonds. The van der Waals surface area contributed by atoms with Gasteiger partial charge in [0.1, 0.15) is 18.0 Å². The van der Waals surface area contributed by atoms with E-state index in [1.165, 1.54) is 26.0 Å². The highest BCUT2D eigenvalue weighted by molar-refractivity contribution is 5.99. The molecule has 0 radical (unpaired) electrons. The molecule has 0 bridgehead atoms. The number of ketones is 2. The van der Waals surface area contributed by atoms with Gasteiger partial charge < -0.3 is 15.6 Å². The molecule has 5 heteroatoms. The number of hydrogen-bond acceptors (Lipinski definition) is 5. The lowest BCUT2D eigenvalue weighted by Crippen LogP contribution is -2.11. The lowest BCUT2D eigenvalue weighted by atomic mass is 10.1. The molecule has 0 fully saturated rings. The quantitative estimate of drug-likeness (QED) is 0.454. The summed E-state index contributed by atoms with van der Waals surface area (Å²) in [6.45, 7) is 2.52. The Bertz CT molecular complexity index is 440. The van der Waals surface area contributed by atoms with Crippen LogP contribution in [0.5, 0.6) is 11.5 Å². The van der Waals surface area contributed by atoms with E-state index in [-0.39, 0.29) is 40.9 Å². The number of Topliss-reactive ketones (excluding diaryl/α,β-unsaturated/α-hetero) is 2. The fourth-order valence-electron chi connectivity index (χ4n) is 1.20. The summed E-state index contributed by atoms with van der Waals surface area (Å²) in [5.41, 5.74) is 5.78. The molecular formula is C11H13NO4. The monoisotopic (exact) mass is 223 g/mol. The van der Waals surface area contributed by atoms with Gasteiger partial charge in [-0.1, -0.05) is 0 Å². The maximum absolute atomic E-state index is 11.3. The van der Waals surface area contributed by atoms with Crippen LogP contribution in [-0.4, -0.2) is 23.3 Å². The fourth-order valence-corrected chi connectivity index (χ4v) is 1.20. The number of nitrogen functional groups attached to an aromatic ring is 1. The first-order valence-electron chi connectivity index (χ1n) is 4.68. The Labute approximate surface area is 92.8 Å². The third-order valence-electron chi connectivity index (χ3n) is 1.97. The molecule has 1 rings (SSSR count). The number of carbonyl (C=O) groups is 2. The van der Waals surface area contributed by atoms with Gasteiger partial charge in [0.15, 0.2) is 17.3 Å². The molecule has 0 aliphatic rings. The van der Waals surface area contributed by atoms with E-state index in [0.717, 1.165) is 0 Å². The standard InChI is InChI=1S/C11H13NO4/c1-6(13)5-16-11-8(7(2)14)3-4-9(15)10(11)12/h3-4,15H,5,12H2,1-2H3. The highest BCUT2D eigenvalue weighted by Gasteiger charge is 2.15. The number of phenols is 1. The maximum Gasteiger partial charge on any atom is 0.167 e. The lowest BCUT2D eigenvalue weighted by Gasteiger charge is -2.12. The molecule has 0 unspecified atom stereocenters. The molecule has 0 saturated heterocycles. The molecule has 0 aromatic heterocycles. The van der Waals surface area contributed by atoms with Crippen molar-refractivity contribution in [2.75, 3.05) is 12.3 Å². The molecule has 16 heavy (non-hydrogen) atoms. The second-order valence-electron chi connectivity index (χ2n) is 3.42. The zero-order valence-corrected chi connectivity index (χ0v) is 9.11. The van der Waals surface area contributed by atoms with Gasteiger partial charge in [0.05, 0.1) is 5.56 Å². The molecule has 0 aliphatic heterocycles. The molecule has 1 aromatic carbocycles. The smallest absolute Gasteiger partial charge is 0.167 e.